The highest BCUT2D eigenvalue weighted by Crippen LogP contribution is 2.52. The Kier molecular flexibility index (Phi) is 4.96. The molecule has 0 heterocycles. The van der Waals surface area contributed by atoms with Crippen LogP contribution in [0.5, 0.6) is 0 Å². The standard InChI is InChI=1S/C37H32N2/c1-21-16-26(38)17-22(2)34(21)37(35-23(3)18-27(39)19-24(35)4)15-9-10-25-20-32-30-13-6-5-11-28(30)29-12-7-8-14-31(29)33(32)36(25)37/h5-20H,38-39H2,1-4H3. The Hall–Kier alpha value is -4.56. The maximum atomic E-state index is 6.38. The quantitative estimate of drug-likeness (QED) is 0.205. The van der Waals surface area contributed by atoms with Gasteiger partial charge in [-0.3, -0.25) is 0 Å². The zero-order valence-electron chi connectivity index (χ0n) is 22.9. The fourth-order valence-electron chi connectivity index (χ4n) is 7.68. The zero-order chi connectivity index (χ0) is 27.1. The minimum absolute atomic E-state index is 0.513. The van der Waals surface area contributed by atoms with Crippen molar-refractivity contribution in [1.82, 2.24) is 0 Å². The Balaban J connectivity index is 1.80. The number of nitrogens with two attached hydrogens (primary N) is 2. The first-order chi connectivity index (χ1) is 18.8. The molecule has 0 aliphatic heterocycles. The summed E-state index contributed by atoms with van der Waals surface area (Å²) in [6.45, 7) is 8.81. The maximum Gasteiger partial charge on any atom is 0.0657 e. The summed E-state index contributed by atoms with van der Waals surface area (Å²) in [5, 5.41) is 7.79. The van der Waals surface area contributed by atoms with E-state index in [1.165, 1.54) is 76.5 Å². The van der Waals surface area contributed by atoms with Crippen molar-refractivity contribution in [3.05, 3.63) is 140 Å². The van der Waals surface area contributed by atoms with Crippen molar-refractivity contribution in [3.63, 3.8) is 0 Å². The molecule has 39 heavy (non-hydrogen) atoms. The molecule has 0 spiro atoms. The summed E-state index contributed by atoms with van der Waals surface area (Å²) in [5.74, 6) is 0. The smallest absolute Gasteiger partial charge is 0.0657 e. The molecule has 2 heteroatoms. The Morgan fingerprint density at radius 3 is 1.59 bits per heavy atom. The molecule has 2 aliphatic rings. The normalized spacial score (nSPS) is 15.3. The van der Waals surface area contributed by atoms with Crippen LogP contribution in [0, 0.1) is 27.7 Å². The molecule has 0 amide bonds. The maximum absolute atomic E-state index is 6.38. The fraction of sp³-hybridized carbons (Fsp3) is 0.135. The molecule has 5 aromatic rings. The topological polar surface area (TPSA) is 52.0 Å². The Morgan fingerprint density at radius 1 is 0.590 bits per heavy atom. The van der Waals surface area contributed by atoms with Gasteiger partial charge in [-0.1, -0.05) is 66.8 Å². The highest BCUT2D eigenvalue weighted by molar-refractivity contribution is 6.12. The van der Waals surface area contributed by atoms with Crippen LogP contribution in [0.1, 0.15) is 33.4 Å². The number of fused-ring (bicyclic) bond motifs is 7. The number of hydrogen-bond donors (Lipinski definition) is 2. The molecule has 0 radical (unpaired) electrons. The number of rotatable bonds is 2. The number of anilines is 2. The first-order valence-corrected chi connectivity index (χ1v) is 13.6. The summed E-state index contributed by atoms with van der Waals surface area (Å²) in [5.41, 5.74) is 23.8. The van der Waals surface area contributed by atoms with E-state index >= 15 is 0 Å². The molecular weight excluding hydrogens is 472 g/mol. The van der Waals surface area contributed by atoms with Gasteiger partial charge in [0.15, 0.2) is 0 Å². The van der Waals surface area contributed by atoms with Crippen molar-refractivity contribution in [2.75, 3.05) is 11.5 Å². The zero-order valence-corrected chi connectivity index (χ0v) is 22.9. The van der Waals surface area contributed by atoms with Gasteiger partial charge in [0.05, 0.1) is 5.41 Å². The minimum Gasteiger partial charge on any atom is -0.399 e. The molecule has 2 aliphatic carbocycles. The van der Waals surface area contributed by atoms with Crippen LogP contribution in [0.15, 0.2) is 96.6 Å². The van der Waals surface area contributed by atoms with E-state index in [1.807, 2.05) is 0 Å². The van der Waals surface area contributed by atoms with Crippen molar-refractivity contribution in [2.45, 2.75) is 33.1 Å². The van der Waals surface area contributed by atoms with E-state index in [4.69, 9.17) is 11.5 Å². The molecule has 190 valence electrons. The average molecular weight is 505 g/mol. The highest BCUT2D eigenvalue weighted by atomic mass is 14.6. The number of nitrogen functional groups attached to an aromatic ring is 2. The molecule has 0 aromatic heterocycles. The van der Waals surface area contributed by atoms with Gasteiger partial charge in [0.1, 0.15) is 0 Å². The van der Waals surface area contributed by atoms with Crippen LogP contribution < -0.4 is 21.9 Å². The van der Waals surface area contributed by atoms with E-state index in [2.05, 4.69) is 125 Å². The van der Waals surface area contributed by atoms with Crippen LogP contribution >= 0.6 is 0 Å². The van der Waals surface area contributed by atoms with Crippen LogP contribution in [0.4, 0.5) is 11.4 Å². The van der Waals surface area contributed by atoms with E-state index in [0.717, 1.165) is 11.4 Å². The SMILES string of the molecule is Cc1cc(N)cc(C)c1C1(c2c(C)cc(N)cc2C)C=CC=C2C=c3c(c4ccccc4c4ccccc34)=C21. The van der Waals surface area contributed by atoms with Gasteiger partial charge in [-0.2, -0.15) is 0 Å². The van der Waals surface area contributed by atoms with E-state index in [-0.39, 0.29) is 0 Å². The summed E-state index contributed by atoms with van der Waals surface area (Å²) in [7, 11) is 0. The Bertz CT molecular complexity index is 1970. The fourth-order valence-corrected chi connectivity index (χ4v) is 7.68. The second kappa shape index (κ2) is 8.22. The molecule has 0 saturated heterocycles. The Morgan fingerprint density at radius 2 is 1.05 bits per heavy atom. The molecule has 0 bridgehead atoms. The molecular formula is C37H32N2. The van der Waals surface area contributed by atoms with Crippen LogP contribution in [0.2, 0.25) is 0 Å². The van der Waals surface area contributed by atoms with Gasteiger partial charge in [0.2, 0.25) is 0 Å². The molecule has 0 saturated carbocycles. The summed E-state index contributed by atoms with van der Waals surface area (Å²) in [6, 6.07) is 26.2. The largest absolute Gasteiger partial charge is 0.399 e. The van der Waals surface area contributed by atoms with Crippen LogP contribution in [0.25, 0.3) is 33.2 Å². The summed E-state index contributed by atoms with van der Waals surface area (Å²) >= 11 is 0. The van der Waals surface area contributed by atoms with E-state index in [1.54, 1.807) is 0 Å². The predicted molar refractivity (Wildman–Crippen MR) is 167 cm³/mol. The lowest BCUT2D eigenvalue weighted by Crippen LogP contribution is -2.38. The van der Waals surface area contributed by atoms with Gasteiger partial charge in [-0.25, -0.2) is 0 Å². The third-order valence-electron chi connectivity index (χ3n) is 8.73. The predicted octanol–water partition coefficient (Wildman–Crippen LogP) is 6.82. The Labute approximate surface area is 229 Å². The molecule has 7 rings (SSSR count). The number of allylic oxidation sites excluding steroid dienone is 4. The third kappa shape index (κ3) is 3.15. The van der Waals surface area contributed by atoms with E-state index in [0.29, 0.717) is 0 Å². The molecule has 0 atom stereocenters. The lowest BCUT2D eigenvalue weighted by molar-refractivity contribution is 0.796. The van der Waals surface area contributed by atoms with Crippen molar-refractivity contribution < 1.29 is 0 Å². The van der Waals surface area contributed by atoms with Crippen LogP contribution in [-0.2, 0) is 5.41 Å². The molecule has 5 aromatic carbocycles. The van der Waals surface area contributed by atoms with Gasteiger partial charge in [0, 0.05) is 11.4 Å². The van der Waals surface area contributed by atoms with Gasteiger partial charge in [0.25, 0.3) is 0 Å². The third-order valence-corrected chi connectivity index (χ3v) is 8.73. The lowest BCUT2D eigenvalue weighted by atomic mass is 9.61. The summed E-state index contributed by atoms with van der Waals surface area (Å²) in [4.78, 5) is 0. The van der Waals surface area contributed by atoms with Crippen molar-refractivity contribution in [2.24, 2.45) is 0 Å². The number of hydrogen-bond acceptors (Lipinski definition) is 2. The van der Waals surface area contributed by atoms with Crippen molar-refractivity contribution in [3.8, 4) is 0 Å². The highest BCUT2D eigenvalue weighted by Gasteiger charge is 2.44. The van der Waals surface area contributed by atoms with Gasteiger partial charge in [-0.15, -0.1) is 0 Å². The van der Waals surface area contributed by atoms with Gasteiger partial charge >= 0.3 is 0 Å². The van der Waals surface area contributed by atoms with E-state index in [9.17, 15) is 0 Å². The van der Waals surface area contributed by atoms with Crippen LogP contribution in [-0.4, -0.2) is 0 Å². The first kappa shape index (κ1) is 23.5. The van der Waals surface area contributed by atoms with Gasteiger partial charge in [-0.05, 0) is 135 Å². The lowest BCUT2D eigenvalue weighted by Gasteiger charge is -2.41. The molecule has 0 fully saturated rings. The molecule has 2 nitrogen and oxygen atoms in total. The first-order valence-electron chi connectivity index (χ1n) is 13.6. The van der Waals surface area contributed by atoms with E-state index < -0.39 is 5.41 Å². The van der Waals surface area contributed by atoms with Crippen molar-refractivity contribution in [1.29, 1.82) is 0 Å². The second-order valence-electron chi connectivity index (χ2n) is 11.2. The van der Waals surface area contributed by atoms with Crippen molar-refractivity contribution >= 4 is 44.6 Å². The second-order valence-corrected chi connectivity index (χ2v) is 11.2. The number of benzene rings is 5. The monoisotopic (exact) mass is 504 g/mol. The molecule has 4 N–H and O–H groups in total. The summed E-state index contributed by atoms with van der Waals surface area (Å²) in [6.07, 6.45) is 9.34. The van der Waals surface area contributed by atoms with Gasteiger partial charge < -0.3 is 11.5 Å². The van der Waals surface area contributed by atoms with Crippen LogP contribution in [0.3, 0.4) is 0 Å². The number of aryl methyl sites for hydroxylation is 4. The molecule has 0 unspecified atom stereocenters. The minimum atomic E-state index is -0.513. The average Bonchev–Trinajstić information content (AvgIpc) is 3.29. The summed E-state index contributed by atoms with van der Waals surface area (Å²) < 4.78 is 0.